The maximum Gasteiger partial charge on any atom is 0.339 e. The summed E-state index contributed by atoms with van der Waals surface area (Å²) < 4.78 is 4.86. The summed E-state index contributed by atoms with van der Waals surface area (Å²) in [6.45, 7) is 3.00. The zero-order valence-electron chi connectivity index (χ0n) is 11.3. The molecular formula is C15H16O6. The fourth-order valence-corrected chi connectivity index (χ4v) is 1.59. The predicted molar refractivity (Wildman–Crippen MR) is 74.1 cm³/mol. The standard InChI is InChI=1S/C15H16O6/c1-2-10(16)7-8-11(17)9-21-15(20)13-6-4-3-5-12(13)14(18)19/h2-6,11,17H,1,7-9H2,(H,18,19). The van der Waals surface area contributed by atoms with Gasteiger partial charge in [0.1, 0.15) is 6.61 Å². The molecule has 6 heteroatoms. The Morgan fingerprint density at radius 2 is 1.86 bits per heavy atom. The molecule has 0 saturated heterocycles. The number of carbonyl (C=O) groups is 3. The number of ether oxygens (including phenoxy) is 1. The Labute approximate surface area is 121 Å². The van der Waals surface area contributed by atoms with Crippen LogP contribution in [0, 0.1) is 0 Å². The Kier molecular flexibility index (Phi) is 6.29. The number of aliphatic hydroxyl groups is 1. The molecule has 21 heavy (non-hydrogen) atoms. The summed E-state index contributed by atoms with van der Waals surface area (Å²) in [7, 11) is 0. The van der Waals surface area contributed by atoms with Gasteiger partial charge >= 0.3 is 11.9 Å². The Hall–Kier alpha value is -2.47. The predicted octanol–water partition coefficient (Wildman–Crippen LogP) is 1.44. The highest BCUT2D eigenvalue weighted by Gasteiger charge is 2.18. The van der Waals surface area contributed by atoms with Gasteiger partial charge in [0.2, 0.25) is 0 Å². The molecule has 0 aromatic heterocycles. The number of carboxylic acids is 1. The van der Waals surface area contributed by atoms with Crippen LogP contribution in [0.4, 0.5) is 0 Å². The van der Waals surface area contributed by atoms with Gasteiger partial charge in [-0.25, -0.2) is 9.59 Å². The van der Waals surface area contributed by atoms with Gasteiger partial charge in [0, 0.05) is 6.42 Å². The van der Waals surface area contributed by atoms with Gasteiger partial charge in [0.25, 0.3) is 0 Å². The normalized spacial score (nSPS) is 11.5. The Morgan fingerprint density at radius 3 is 2.43 bits per heavy atom. The van der Waals surface area contributed by atoms with Crippen molar-refractivity contribution in [3.8, 4) is 0 Å². The summed E-state index contributed by atoms with van der Waals surface area (Å²) >= 11 is 0. The van der Waals surface area contributed by atoms with Crippen LogP contribution in [0.2, 0.25) is 0 Å². The number of hydrogen-bond acceptors (Lipinski definition) is 5. The van der Waals surface area contributed by atoms with E-state index < -0.39 is 18.0 Å². The van der Waals surface area contributed by atoms with Crippen LogP contribution in [0.3, 0.4) is 0 Å². The molecule has 0 aliphatic carbocycles. The number of carboxylic acid groups (broad SMARTS) is 1. The molecule has 0 bridgehead atoms. The third kappa shape index (κ3) is 5.19. The summed E-state index contributed by atoms with van der Waals surface area (Å²) in [5, 5.41) is 18.5. The van der Waals surface area contributed by atoms with E-state index in [0.717, 1.165) is 6.08 Å². The lowest BCUT2D eigenvalue weighted by Gasteiger charge is -2.11. The second-order valence-electron chi connectivity index (χ2n) is 4.31. The minimum atomic E-state index is -1.24. The smallest absolute Gasteiger partial charge is 0.339 e. The van der Waals surface area contributed by atoms with Gasteiger partial charge in [-0.1, -0.05) is 18.7 Å². The van der Waals surface area contributed by atoms with Gasteiger partial charge in [-0.05, 0) is 24.6 Å². The molecule has 0 amide bonds. The maximum absolute atomic E-state index is 11.8. The molecule has 1 rings (SSSR count). The van der Waals surface area contributed by atoms with E-state index in [9.17, 15) is 19.5 Å². The molecular weight excluding hydrogens is 276 g/mol. The number of ketones is 1. The number of carbonyl (C=O) groups excluding carboxylic acids is 2. The van der Waals surface area contributed by atoms with Crippen molar-refractivity contribution in [2.24, 2.45) is 0 Å². The second kappa shape index (κ2) is 7.96. The molecule has 0 fully saturated rings. The number of esters is 1. The highest BCUT2D eigenvalue weighted by atomic mass is 16.5. The van der Waals surface area contributed by atoms with E-state index >= 15 is 0 Å². The van der Waals surface area contributed by atoms with E-state index in [-0.39, 0.29) is 36.4 Å². The van der Waals surface area contributed by atoms with Gasteiger partial charge in [-0.2, -0.15) is 0 Å². The lowest BCUT2D eigenvalue weighted by Crippen LogP contribution is -2.20. The Bertz CT molecular complexity index is 549. The molecule has 0 spiro atoms. The first-order chi connectivity index (χ1) is 9.95. The summed E-state index contributed by atoms with van der Waals surface area (Å²) in [5.41, 5.74) is -0.252. The van der Waals surface area contributed by atoms with Crippen LogP contribution < -0.4 is 0 Å². The quantitative estimate of drug-likeness (QED) is 0.555. The number of allylic oxidation sites excluding steroid dienone is 1. The van der Waals surface area contributed by atoms with Crippen LogP contribution in [-0.4, -0.2) is 40.6 Å². The molecule has 1 atom stereocenters. The first-order valence-electron chi connectivity index (χ1n) is 6.28. The van der Waals surface area contributed by atoms with Gasteiger partial charge in [-0.3, -0.25) is 4.79 Å². The van der Waals surface area contributed by atoms with Crippen LogP contribution in [-0.2, 0) is 9.53 Å². The molecule has 1 unspecified atom stereocenters. The molecule has 0 aliphatic rings. The van der Waals surface area contributed by atoms with Crippen molar-refractivity contribution in [1.82, 2.24) is 0 Å². The maximum atomic E-state index is 11.8. The Morgan fingerprint density at radius 1 is 1.24 bits per heavy atom. The molecule has 1 aromatic rings. The molecule has 2 N–H and O–H groups in total. The van der Waals surface area contributed by atoms with Crippen molar-refractivity contribution >= 4 is 17.7 Å². The number of hydrogen-bond donors (Lipinski definition) is 2. The molecule has 0 saturated carbocycles. The van der Waals surface area contributed by atoms with E-state index in [1.54, 1.807) is 0 Å². The molecule has 1 aromatic carbocycles. The van der Waals surface area contributed by atoms with E-state index in [2.05, 4.69) is 6.58 Å². The molecule has 112 valence electrons. The Balaban J connectivity index is 2.56. The average molecular weight is 292 g/mol. The lowest BCUT2D eigenvalue weighted by molar-refractivity contribution is -0.115. The minimum Gasteiger partial charge on any atom is -0.478 e. The van der Waals surface area contributed by atoms with Crippen molar-refractivity contribution in [2.75, 3.05) is 6.61 Å². The van der Waals surface area contributed by atoms with Crippen LogP contribution in [0.25, 0.3) is 0 Å². The summed E-state index contributed by atoms with van der Waals surface area (Å²) in [5.74, 6) is -2.28. The van der Waals surface area contributed by atoms with Crippen molar-refractivity contribution in [2.45, 2.75) is 18.9 Å². The summed E-state index contributed by atoms with van der Waals surface area (Å²) in [4.78, 5) is 33.8. The fraction of sp³-hybridized carbons (Fsp3) is 0.267. The molecule has 0 radical (unpaired) electrons. The molecule has 0 aliphatic heterocycles. The molecule has 6 nitrogen and oxygen atoms in total. The van der Waals surface area contributed by atoms with Crippen molar-refractivity contribution in [1.29, 1.82) is 0 Å². The van der Waals surface area contributed by atoms with Crippen molar-refractivity contribution in [3.05, 3.63) is 48.0 Å². The van der Waals surface area contributed by atoms with E-state index in [1.807, 2.05) is 0 Å². The third-order valence-corrected chi connectivity index (χ3v) is 2.74. The zero-order chi connectivity index (χ0) is 15.8. The van der Waals surface area contributed by atoms with Gasteiger partial charge in [0.15, 0.2) is 5.78 Å². The van der Waals surface area contributed by atoms with Crippen molar-refractivity contribution < 1.29 is 29.3 Å². The first kappa shape index (κ1) is 16.6. The zero-order valence-corrected chi connectivity index (χ0v) is 11.3. The van der Waals surface area contributed by atoms with E-state index in [4.69, 9.17) is 9.84 Å². The van der Waals surface area contributed by atoms with E-state index in [1.165, 1.54) is 24.3 Å². The van der Waals surface area contributed by atoms with Crippen LogP contribution in [0.5, 0.6) is 0 Å². The number of aliphatic hydroxyl groups excluding tert-OH is 1. The van der Waals surface area contributed by atoms with Crippen molar-refractivity contribution in [3.63, 3.8) is 0 Å². The highest BCUT2D eigenvalue weighted by molar-refractivity contribution is 6.02. The lowest BCUT2D eigenvalue weighted by atomic mass is 10.1. The monoisotopic (exact) mass is 292 g/mol. The second-order valence-corrected chi connectivity index (χ2v) is 4.31. The molecule has 0 heterocycles. The largest absolute Gasteiger partial charge is 0.478 e. The van der Waals surface area contributed by atoms with E-state index in [0.29, 0.717) is 0 Å². The average Bonchev–Trinajstić information content (AvgIpc) is 2.49. The SMILES string of the molecule is C=CC(=O)CCC(O)COC(=O)c1ccccc1C(=O)O. The van der Waals surface area contributed by atoms with Gasteiger partial charge in [0.05, 0.1) is 17.2 Å². The van der Waals surface area contributed by atoms with Crippen LogP contribution in [0.1, 0.15) is 33.6 Å². The summed E-state index contributed by atoms with van der Waals surface area (Å²) in [6, 6.07) is 5.63. The summed E-state index contributed by atoms with van der Waals surface area (Å²) in [6.07, 6.45) is 0.406. The fourth-order valence-electron chi connectivity index (χ4n) is 1.59. The number of benzene rings is 1. The number of aromatic carboxylic acids is 1. The van der Waals surface area contributed by atoms with Gasteiger partial charge in [-0.15, -0.1) is 0 Å². The number of rotatable bonds is 8. The minimum absolute atomic E-state index is 0.0839. The highest BCUT2D eigenvalue weighted by Crippen LogP contribution is 2.11. The van der Waals surface area contributed by atoms with Crippen LogP contribution in [0.15, 0.2) is 36.9 Å². The first-order valence-corrected chi connectivity index (χ1v) is 6.28. The third-order valence-electron chi connectivity index (χ3n) is 2.74. The van der Waals surface area contributed by atoms with Crippen LogP contribution >= 0.6 is 0 Å². The van der Waals surface area contributed by atoms with Gasteiger partial charge < -0.3 is 14.9 Å². The topological polar surface area (TPSA) is 101 Å².